The number of hydrogen-bond donors (Lipinski definition) is 1. The average molecular weight is 294 g/mol. The van der Waals surface area contributed by atoms with E-state index in [1.807, 2.05) is 31.2 Å². The quantitative estimate of drug-likeness (QED) is 0.944. The van der Waals surface area contributed by atoms with Gasteiger partial charge >= 0.3 is 0 Å². The van der Waals surface area contributed by atoms with Gasteiger partial charge in [0.1, 0.15) is 0 Å². The number of likely N-dealkylation sites (N-methyl/N-ethyl adjacent to an activating group) is 1. The molecule has 1 aliphatic rings. The molecule has 0 fully saturated rings. The standard InChI is InChI=1S/C19H22N2O/c1-14-7-9-16(10-8-14)19(22)20-13-18-17-6-4-3-5-15(17)11-12-21(18)2/h3-10,18H,11-13H2,1-2H3,(H,20,22). The highest BCUT2D eigenvalue weighted by Crippen LogP contribution is 2.27. The number of carbonyl (C=O) groups excluding carboxylic acids is 1. The smallest absolute Gasteiger partial charge is 0.251 e. The molecular weight excluding hydrogens is 272 g/mol. The van der Waals surface area contributed by atoms with Crippen LogP contribution in [0.2, 0.25) is 0 Å². The van der Waals surface area contributed by atoms with Crippen LogP contribution in [0.3, 0.4) is 0 Å². The fraction of sp³-hybridized carbons (Fsp3) is 0.316. The summed E-state index contributed by atoms with van der Waals surface area (Å²) in [7, 11) is 2.12. The van der Waals surface area contributed by atoms with Crippen molar-refractivity contribution in [1.82, 2.24) is 10.2 Å². The Hall–Kier alpha value is -2.13. The summed E-state index contributed by atoms with van der Waals surface area (Å²) in [4.78, 5) is 14.6. The largest absolute Gasteiger partial charge is 0.350 e. The van der Waals surface area contributed by atoms with Gasteiger partial charge in [-0.1, -0.05) is 42.0 Å². The molecule has 3 nitrogen and oxygen atoms in total. The van der Waals surface area contributed by atoms with Crippen LogP contribution in [0.25, 0.3) is 0 Å². The van der Waals surface area contributed by atoms with Crippen LogP contribution in [0.15, 0.2) is 48.5 Å². The first-order chi connectivity index (χ1) is 10.6. The summed E-state index contributed by atoms with van der Waals surface area (Å²) >= 11 is 0. The van der Waals surface area contributed by atoms with E-state index < -0.39 is 0 Å². The van der Waals surface area contributed by atoms with Crippen LogP contribution in [0.4, 0.5) is 0 Å². The second-order valence-corrected chi connectivity index (χ2v) is 6.02. The zero-order valence-electron chi connectivity index (χ0n) is 13.2. The molecule has 0 aliphatic carbocycles. The van der Waals surface area contributed by atoms with Crippen molar-refractivity contribution in [3.8, 4) is 0 Å². The molecular formula is C19H22N2O. The topological polar surface area (TPSA) is 32.3 Å². The third kappa shape index (κ3) is 3.04. The van der Waals surface area contributed by atoms with E-state index in [1.54, 1.807) is 0 Å². The molecule has 0 saturated carbocycles. The zero-order chi connectivity index (χ0) is 15.5. The monoisotopic (exact) mass is 294 g/mol. The summed E-state index contributed by atoms with van der Waals surface area (Å²) < 4.78 is 0. The number of nitrogens with one attached hydrogen (secondary N) is 1. The van der Waals surface area contributed by atoms with Gasteiger partial charge in [-0.3, -0.25) is 9.69 Å². The number of carbonyl (C=O) groups is 1. The maximum atomic E-state index is 12.3. The van der Waals surface area contributed by atoms with Crippen LogP contribution in [0.1, 0.15) is 33.1 Å². The van der Waals surface area contributed by atoms with Crippen LogP contribution < -0.4 is 5.32 Å². The predicted octanol–water partition coefficient (Wildman–Crippen LogP) is 2.95. The van der Waals surface area contributed by atoms with Gasteiger partial charge < -0.3 is 5.32 Å². The molecule has 114 valence electrons. The van der Waals surface area contributed by atoms with E-state index in [0.717, 1.165) is 24.1 Å². The van der Waals surface area contributed by atoms with Crippen molar-refractivity contribution in [1.29, 1.82) is 0 Å². The number of benzene rings is 2. The van der Waals surface area contributed by atoms with Crippen LogP contribution in [-0.4, -0.2) is 30.9 Å². The summed E-state index contributed by atoms with van der Waals surface area (Å²) in [5.74, 6) is -0.00328. The summed E-state index contributed by atoms with van der Waals surface area (Å²) in [6, 6.07) is 16.5. The maximum Gasteiger partial charge on any atom is 0.251 e. The Balaban J connectivity index is 1.70. The molecule has 1 N–H and O–H groups in total. The van der Waals surface area contributed by atoms with Gasteiger partial charge in [-0.2, -0.15) is 0 Å². The van der Waals surface area contributed by atoms with Gasteiger partial charge in [-0.25, -0.2) is 0 Å². The van der Waals surface area contributed by atoms with Gasteiger partial charge in [0.15, 0.2) is 0 Å². The Morgan fingerprint density at radius 3 is 2.68 bits per heavy atom. The highest BCUT2D eigenvalue weighted by molar-refractivity contribution is 5.94. The first-order valence-electron chi connectivity index (χ1n) is 7.78. The van der Waals surface area contributed by atoms with Crippen molar-refractivity contribution in [3.05, 3.63) is 70.8 Å². The van der Waals surface area contributed by atoms with E-state index in [2.05, 4.69) is 41.5 Å². The number of rotatable bonds is 3. The molecule has 3 heteroatoms. The van der Waals surface area contributed by atoms with E-state index in [-0.39, 0.29) is 11.9 Å². The minimum Gasteiger partial charge on any atom is -0.350 e. The highest BCUT2D eigenvalue weighted by Gasteiger charge is 2.24. The lowest BCUT2D eigenvalue weighted by Gasteiger charge is -2.34. The van der Waals surface area contributed by atoms with Crippen LogP contribution in [0, 0.1) is 6.92 Å². The zero-order valence-corrected chi connectivity index (χ0v) is 13.2. The van der Waals surface area contributed by atoms with Gasteiger partial charge in [0.25, 0.3) is 5.91 Å². The second-order valence-electron chi connectivity index (χ2n) is 6.02. The summed E-state index contributed by atoms with van der Waals surface area (Å²) in [5, 5.41) is 3.08. The van der Waals surface area contributed by atoms with E-state index in [4.69, 9.17) is 0 Å². The van der Waals surface area contributed by atoms with E-state index >= 15 is 0 Å². The fourth-order valence-electron chi connectivity index (χ4n) is 3.04. The molecule has 0 saturated heterocycles. The van der Waals surface area contributed by atoms with Gasteiger partial charge in [0.2, 0.25) is 0 Å². The van der Waals surface area contributed by atoms with Crippen molar-refractivity contribution in [2.75, 3.05) is 20.1 Å². The van der Waals surface area contributed by atoms with Crippen LogP contribution >= 0.6 is 0 Å². The molecule has 1 heterocycles. The summed E-state index contributed by atoms with van der Waals surface area (Å²) in [5.41, 5.74) is 4.62. The minimum absolute atomic E-state index is 0.00328. The van der Waals surface area contributed by atoms with Gasteiger partial charge in [-0.05, 0) is 43.7 Å². The van der Waals surface area contributed by atoms with E-state index in [9.17, 15) is 4.79 Å². The lowest BCUT2D eigenvalue weighted by molar-refractivity contribution is 0.0936. The number of amides is 1. The number of aryl methyl sites for hydroxylation is 1. The van der Waals surface area contributed by atoms with Crippen molar-refractivity contribution in [2.24, 2.45) is 0 Å². The SMILES string of the molecule is Cc1ccc(C(=O)NCC2c3ccccc3CCN2C)cc1. The molecule has 2 aromatic carbocycles. The molecule has 3 rings (SSSR count). The normalized spacial score (nSPS) is 17.8. The fourth-order valence-corrected chi connectivity index (χ4v) is 3.04. The molecule has 1 unspecified atom stereocenters. The Bertz CT molecular complexity index is 663. The molecule has 0 spiro atoms. The average Bonchev–Trinajstić information content (AvgIpc) is 2.54. The van der Waals surface area contributed by atoms with Crippen molar-refractivity contribution in [2.45, 2.75) is 19.4 Å². The van der Waals surface area contributed by atoms with Gasteiger partial charge in [0.05, 0.1) is 6.04 Å². The Labute approximate surface area is 132 Å². The van der Waals surface area contributed by atoms with E-state index in [0.29, 0.717) is 6.54 Å². The lowest BCUT2D eigenvalue weighted by atomic mass is 9.93. The first kappa shape index (κ1) is 14.8. The van der Waals surface area contributed by atoms with Crippen LogP contribution in [-0.2, 0) is 6.42 Å². The Morgan fingerprint density at radius 1 is 1.18 bits per heavy atom. The summed E-state index contributed by atoms with van der Waals surface area (Å²) in [6.07, 6.45) is 1.08. The second kappa shape index (κ2) is 6.32. The molecule has 0 aromatic heterocycles. The molecule has 22 heavy (non-hydrogen) atoms. The predicted molar refractivity (Wildman–Crippen MR) is 89.0 cm³/mol. The molecule has 0 bridgehead atoms. The van der Waals surface area contributed by atoms with E-state index in [1.165, 1.54) is 11.1 Å². The third-order valence-electron chi connectivity index (χ3n) is 4.45. The van der Waals surface area contributed by atoms with Crippen molar-refractivity contribution < 1.29 is 4.79 Å². The molecule has 2 aromatic rings. The minimum atomic E-state index is -0.00328. The molecule has 1 aliphatic heterocycles. The Morgan fingerprint density at radius 2 is 1.91 bits per heavy atom. The highest BCUT2D eigenvalue weighted by atomic mass is 16.1. The third-order valence-corrected chi connectivity index (χ3v) is 4.45. The number of fused-ring (bicyclic) bond motifs is 1. The molecule has 1 atom stereocenters. The first-order valence-corrected chi connectivity index (χ1v) is 7.78. The van der Waals surface area contributed by atoms with Crippen molar-refractivity contribution in [3.63, 3.8) is 0 Å². The van der Waals surface area contributed by atoms with Gasteiger partial charge in [0, 0.05) is 18.7 Å². The van der Waals surface area contributed by atoms with Gasteiger partial charge in [-0.15, -0.1) is 0 Å². The molecule has 1 amide bonds. The van der Waals surface area contributed by atoms with Crippen LogP contribution in [0.5, 0.6) is 0 Å². The number of nitrogens with zero attached hydrogens (tertiary/aromatic N) is 1. The Kier molecular flexibility index (Phi) is 4.25. The maximum absolute atomic E-state index is 12.3. The number of hydrogen-bond acceptors (Lipinski definition) is 2. The van der Waals surface area contributed by atoms with Crippen molar-refractivity contribution >= 4 is 5.91 Å². The summed E-state index contributed by atoms with van der Waals surface area (Å²) in [6.45, 7) is 3.69. The lowest BCUT2D eigenvalue weighted by Crippen LogP contribution is -2.40. The molecule has 0 radical (unpaired) electrons.